The van der Waals surface area contributed by atoms with E-state index in [1.165, 1.54) is 0 Å². The van der Waals surface area contributed by atoms with Crippen LogP contribution in [0.5, 0.6) is 0 Å². The van der Waals surface area contributed by atoms with Crippen molar-refractivity contribution >= 4 is 5.69 Å². The van der Waals surface area contributed by atoms with E-state index in [2.05, 4.69) is 15.3 Å². The van der Waals surface area contributed by atoms with E-state index in [-0.39, 0.29) is 0 Å². The van der Waals surface area contributed by atoms with Gasteiger partial charge < -0.3 is 5.73 Å². The first-order chi connectivity index (χ1) is 6.27. The average Bonchev–Trinajstić information content (AvgIpc) is 2.53. The summed E-state index contributed by atoms with van der Waals surface area (Å²) in [6, 6.07) is 1.74. The Hall–Kier alpha value is -1.91. The molecule has 0 saturated carbocycles. The molecule has 0 atom stereocenters. The molecule has 0 fully saturated rings. The van der Waals surface area contributed by atoms with Crippen LogP contribution in [0.15, 0.2) is 24.7 Å². The molecule has 0 unspecified atom stereocenters. The third kappa shape index (κ3) is 1.35. The summed E-state index contributed by atoms with van der Waals surface area (Å²) in [7, 11) is 1.81. The fraction of sp³-hybridized carbons (Fsp3) is 0.125. The molecule has 0 aliphatic heterocycles. The van der Waals surface area contributed by atoms with Gasteiger partial charge in [0.2, 0.25) is 0 Å². The summed E-state index contributed by atoms with van der Waals surface area (Å²) in [4.78, 5) is 3.97. The van der Waals surface area contributed by atoms with Gasteiger partial charge in [-0.05, 0) is 6.07 Å². The molecule has 0 bridgehead atoms. The fourth-order valence-corrected chi connectivity index (χ4v) is 1.09. The number of nitrogens with zero attached hydrogens (tertiary/aromatic N) is 4. The minimum atomic E-state index is 0.663. The number of aryl methyl sites for hydroxylation is 1. The predicted molar refractivity (Wildman–Crippen MR) is 48.6 cm³/mol. The lowest BCUT2D eigenvalue weighted by Gasteiger charge is -1.98. The first kappa shape index (κ1) is 7.72. The summed E-state index contributed by atoms with van der Waals surface area (Å²) in [5.74, 6) is 0. The molecule has 66 valence electrons. The van der Waals surface area contributed by atoms with Crippen LogP contribution in [0, 0.1) is 0 Å². The van der Waals surface area contributed by atoms with E-state index in [0.29, 0.717) is 5.69 Å². The normalized spacial score (nSPS) is 10.2. The number of hydrogen-bond acceptors (Lipinski definition) is 4. The van der Waals surface area contributed by atoms with Crippen LogP contribution >= 0.6 is 0 Å². The van der Waals surface area contributed by atoms with Crippen LogP contribution in [0.1, 0.15) is 0 Å². The Balaban J connectivity index is 2.52. The molecular weight excluding hydrogens is 166 g/mol. The maximum atomic E-state index is 5.74. The van der Waals surface area contributed by atoms with E-state index in [4.69, 9.17) is 5.73 Å². The molecule has 2 rings (SSSR count). The topological polar surface area (TPSA) is 69.6 Å². The van der Waals surface area contributed by atoms with Crippen molar-refractivity contribution < 1.29 is 0 Å². The Morgan fingerprint density at radius 1 is 1.46 bits per heavy atom. The van der Waals surface area contributed by atoms with Gasteiger partial charge in [-0.3, -0.25) is 9.67 Å². The molecule has 2 N–H and O–H groups in total. The van der Waals surface area contributed by atoms with Crippen molar-refractivity contribution in [2.75, 3.05) is 5.73 Å². The highest BCUT2D eigenvalue weighted by Crippen LogP contribution is 2.20. The Bertz CT molecular complexity index is 420. The van der Waals surface area contributed by atoms with Gasteiger partial charge in [0.05, 0.1) is 6.20 Å². The molecule has 5 nitrogen and oxygen atoms in total. The SMILES string of the molecule is Cn1cc(-c2cnccc2N)nn1. The molecular formula is C8H9N5. The number of pyridine rings is 1. The standard InChI is InChI=1S/C8H9N5/c1-13-5-8(11-12-13)6-4-10-3-2-7(6)9/h2-5H,1H3,(H2,9,10). The van der Waals surface area contributed by atoms with E-state index in [1.54, 1.807) is 29.3 Å². The summed E-state index contributed by atoms with van der Waals surface area (Å²) in [6.45, 7) is 0. The minimum absolute atomic E-state index is 0.663. The summed E-state index contributed by atoms with van der Waals surface area (Å²) in [5, 5.41) is 7.76. The first-order valence-electron chi connectivity index (χ1n) is 3.83. The lowest BCUT2D eigenvalue weighted by molar-refractivity contribution is 0.715. The summed E-state index contributed by atoms with van der Waals surface area (Å²) >= 11 is 0. The zero-order chi connectivity index (χ0) is 9.26. The van der Waals surface area contributed by atoms with Gasteiger partial charge >= 0.3 is 0 Å². The van der Waals surface area contributed by atoms with Crippen molar-refractivity contribution in [3.05, 3.63) is 24.7 Å². The molecule has 0 amide bonds. The highest BCUT2D eigenvalue weighted by Gasteiger charge is 2.05. The summed E-state index contributed by atoms with van der Waals surface area (Å²) < 4.78 is 1.63. The molecule has 2 heterocycles. The molecule has 13 heavy (non-hydrogen) atoms. The van der Waals surface area contributed by atoms with Gasteiger partial charge in [0.1, 0.15) is 5.69 Å². The minimum Gasteiger partial charge on any atom is -0.398 e. The summed E-state index contributed by atoms with van der Waals surface area (Å²) in [5.41, 5.74) is 7.97. The van der Waals surface area contributed by atoms with Crippen LogP contribution in [-0.4, -0.2) is 20.0 Å². The van der Waals surface area contributed by atoms with Gasteiger partial charge in [0, 0.05) is 30.7 Å². The van der Waals surface area contributed by atoms with Crippen LogP contribution < -0.4 is 5.73 Å². The van der Waals surface area contributed by atoms with Crippen molar-refractivity contribution in [3.8, 4) is 11.3 Å². The average molecular weight is 175 g/mol. The Labute approximate surface area is 75.2 Å². The van der Waals surface area contributed by atoms with Crippen LogP contribution in [0.4, 0.5) is 5.69 Å². The predicted octanol–water partition coefficient (Wildman–Crippen LogP) is 0.459. The Morgan fingerprint density at radius 3 is 2.92 bits per heavy atom. The monoisotopic (exact) mass is 175 g/mol. The highest BCUT2D eigenvalue weighted by molar-refractivity contribution is 5.71. The zero-order valence-electron chi connectivity index (χ0n) is 7.18. The van der Waals surface area contributed by atoms with Crippen molar-refractivity contribution in [2.24, 2.45) is 7.05 Å². The molecule has 2 aromatic heterocycles. The third-order valence-electron chi connectivity index (χ3n) is 1.73. The van der Waals surface area contributed by atoms with E-state index in [1.807, 2.05) is 7.05 Å². The van der Waals surface area contributed by atoms with E-state index >= 15 is 0 Å². The molecule has 0 saturated heterocycles. The molecule has 0 aliphatic carbocycles. The summed E-state index contributed by atoms with van der Waals surface area (Å²) in [6.07, 6.45) is 5.13. The van der Waals surface area contributed by atoms with Crippen molar-refractivity contribution in [1.82, 2.24) is 20.0 Å². The molecule has 0 spiro atoms. The van der Waals surface area contributed by atoms with Crippen LogP contribution in [-0.2, 0) is 7.05 Å². The number of rotatable bonds is 1. The van der Waals surface area contributed by atoms with Gasteiger partial charge in [-0.2, -0.15) is 0 Å². The van der Waals surface area contributed by atoms with Crippen LogP contribution in [0.3, 0.4) is 0 Å². The van der Waals surface area contributed by atoms with Crippen LogP contribution in [0.2, 0.25) is 0 Å². The highest BCUT2D eigenvalue weighted by atomic mass is 15.4. The lowest BCUT2D eigenvalue weighted by atomic mass is 10.2. The second-order valence-corrected chi connectivity index (χ2v) is 2.74. The number of anilines is 1. The molecule has 0 aromatic carbocycles. The maximum absolute atomic E-state index is 5.74. The zero-order valence-corrected chi connectivity index (χ0v) is 7.18. The van der Waals surface area contributed by atoms with Gasteiger partial charge in [0.25, 0.3) is 0 Å². The Kier molecular flexibility index (Phi) is 1.70. The van der Waals surface area contributed by atoms with Crippen molar-refractivity contribution in [1.29, 1.82) is 0 Å². The smallest absolute Gasteiger partial charge is 0.116 e. The molecule has 2 aromatic rings. The second kappa shape index (κ2) is 2.85. The van der Waals surface area contributed by atoms with Gasteiger partial charge in [-0.15, -0.1) is 5.10 Å². The number of aromatic nitrogens is 4. The lowest BCUT2D eigenvalue weighted by Crippen LogP contribution is -1.90. The second-order valence-electron chi connectivity index (χ2n) is 2.74. The number of hydrogen-bond donors (Lipinski definition) is 1. The molecule has 5 heteroatoms. The van der Waals surface area contributed by atoms with E-state index < -0.39 is 0 Å². The van der Waals surface area contributed by atoms with E-state index in [9.17, 15) is 0 Å². The third-order valence-corrected chi connectivity index (χ3v) is 1.73. The fourth-order valence-electron chi connectivity index (χ4n) is 1.09. The quantitative estimate of drug-likeness (QED) is 0.683. The van der Waals surface area contributed by atoms with Crippen molar-refractivity contribution in [3.63, 3.8) is 0 Å². The molecule has 0 aliphatic rings. The van der Waals surface area contributed by atoms with Gasteiger partial charge in [0.15, 0.2) is 0 Å². The maximum Gasteiger partial charge on any atom is 0.116 e. The van der Waals surface area contributed by atoms with Crippen molar-refractivity contribution in [2.45, 2.75) is 0 Å². The number of nitrogen functional groups attached to an aromatic ring is 1. The first-order valence-corrected chi connectivity index (χ1v) is 3.83. The largest absolute Gasteiger partial charge is 0.398 e. The van der Waals surface area contributed by atoms with Gasteiger partial charge in [-0.25, -0.2) is 0 Å². The van der Waals surface area contributed by atoms with Crippen LogP contribution in [0.25, 0.3) is 11.3 Å². The van der Waals surface area contributed by atoms with E-state index in [0.717, 1.165) is 11.3 Å². The number of nitrogens with two attached hydrogens (primary N) is 1. The molecule has 0 radical (unpaired) electrons. The van der Waals surface area contributed by atoms with Gasteiger partial charge in [-0.1, -0.05) is 5.21 Å². The Morgan fingerprint density at radius 2 is 2.31 bits per heavy atom.